The summed E-state index contributed by atoms with van der Waals surface area (Å²) in [6, 6.07) is 7.44. The molecule has 106 valence electrons. The van der Waals surface area contributed by atoms with E-state index < -0.39 is 0 Å². The minimum absolute atomic E-state index is 0.0237. The van der Waals surface area contributed by atoms with Crippen LogP contribution in [0.2, 0.25) is 5.02 Å². The summed E-state index contributed by atoms with van der Waals surface area (Å²) in [6.45, 7) is 1.23. The van der Waals surface area contributed by atoms with Gasteiger partial charge in [-0.25, -0.2) is 9.97 Å². The average Bonchev–Trinajstić information content (AvgIpc) is 2.53. The number of fused-ring (bicyclic) bond motifs is 1. The third-order valence-electron chi connectivity index (χ3n) is 3.48. The average molecular weight is 300 g/mol. The summed E-state index contributed by atoms with van der Waals surface area (Å²) in [7, 11) is 0. The fourth-order valence-corrected chi connectivity index (χ4v) is 2.53. The number of amides is 1. The van der Waals surface area contributed by atoms with Gasteiger partial charge in [-0.15, -0.1) is 0 Å². The van der Waals surface area contributed by atoms with Gasteiger partial charge in [0.1, 0.15) is 6.33 Å². The van der Waals surface area contributed by atoms with Crippen LogP contribution in [0.15, 0.2) is 42.9 Å². The predicted octanol–water partition coefficient (Wildman–Crippen LogP) is 2.73. The van der Waals surface area contributed by atoms with Gasteiger partial charge in [0.25, 0.3) is 0 Å². The summed E-state index contributed by atoms with van der Waals surface area (Å²) >= 11 is 6.07. The topological polar surface area (TPSA) is 46.1 Å². The van der Waals surface area contributed by atoms with E-state index in [0.29, 0.717) is 18.1 Å². The van der Waals surface area contributed by atoms with Gasteiger partial charge in [0, 0.05) is 42.4 Å². The molecule has 1 amide bonds. The number of benzene rings is 1. The first-order valence-electron chi connectivity index (χ1n) is 6.73. The van der Waals surface area contributed by atoms with Crippen molar-refractivity contribution in [3.05, 3.63) is 64.7 Å². The van der Waals surface area contributed by atoms with E-state index in [1.807, 2.05) is 18.2 Å². The number of aromatic nitrogens is 2. The van der Waals surface area contributed by atoms with Crippen molar-refractivity contribution < 1.29 is 4.79 Å². The van der Waals surface area contributed by atoms with Gasteiger partial charge in [0.05, 0.1) is 5.69 Å². The van der Waals surface area contributed by atoms with Gasteiger partial charge >= 0.3 is 0 Å². The molecule has 21 heavy (non-hydrogen) atoms. The predicted molar refractivity (Wildman–Crippen MR) is 81.6 cm³/mol. The Morgan fingerprint density at radius 1 is 1.33 bits per heavy atom. The molecule has 0 N–H and O–H groups in total. The van der Waals surface area contributed by atoms with Crippen molar-refractivity contribution in [2.24, 2.45) is 0 Å². The third-order valence-corrected chi connectivity index (χ3v) is 3.83. The molecule has 0 radical (unpaired) electrons. The van der Waals surface area contributed by atoms with Crippen LogP contribution in [0, 0.1) is 0 Å². The number of halogens is 1. The quantitative estimate of drug-likeness (QED) is 0.801. The van der Waals surface area contributed by atoms with E-state index in [9.17, 15) is 4.79 Å². The van der Waals surface area contributed by atoms with Crippen LogP contribution in [0.25, 0.3) is 6.08 Å². The Bertz CT molecular complexity index is 699. The lowest BCUT2D eigenvalue weighted by molar-refractivity contribution is -0.126. The minimum atomic E-state index is -0.0237. The van der Waals surface area contributed by atoms with E-state index in [1.165, 1.54) is 0 Å². The molecule has 0 fully saturated rings. The lowest BCUT2D eigenvalue weighted by Crippen LogP contribution is -2.35. The smallest absolute Gasteiger partial charge is 0.246 e. The zero-order valence-electron chi connectivity index (χ0n) is 11.4. The zero-order valence-corrected chi connectivity index (χ0v) is 12.1. The number of hydrogen-bond acceptors (Lipinski definition) is 3. The number of carbonyl (C=O) groups is 1. The minimum Gasteiger partial charge on any atom is -0.334 e. The van der Waals surface area contributed by atoms with Gasteiger partial charge in [0.15, 0.2) is 0 Å². The highest BCUT2D eigenvalue weighted by Crippen LogP contribution is 2.18. The Labute approximate surface area is 128 Å². The Hall–Kier alpha value is -2.20. The van der Waals surface area contributed by atoms with Crippen molar-refractivity contribution in [2.75, 3.05) is 6.54 Å². The maximum absolute atomic E-state index is 12.2. The van der Waals surface area contributed by atoms with Crippen LogP contribution in [0.3, 0.4) is 0 Å². The summed E-state index contributed by atoms with van der Waals surface area (Å²) in [5.41, 5.74) is 2.89. The summed E-state index contributed by atoms with van der Waals surface area (Å²) in [5.74, 6) is -0.0237. The lowest BCUT2D eigenvalue weighted by atomic mass is 10.1. The van der Waals surface area contributed by atoms with Crippen LogP contribution in [-0.4, -0.2) is 27.3 Å². The first kappa shape index (κ1) is 13.8. The van der Waals surface area contributed by atoms with Crippen LogP contribution < -0.4 is 0 Å². The summed E-state index contributed by atoms with van der Waals surface area (Å²) in [4.78, 5) is 22.3. The second-order valence-electron chi connectivity index (χ2n) is 4.86. The molecule has 3 rings (SSSR count). The van der Waals surface area contributed by atoms with E-state index >= 15 is 0 Å². The summed E-state index contributed by atoms with van der Waals surface area (Å²) < 4.78 is 0. The maximum Gasteiger partial charge on any atom is 0.246 e. The summed E-state index contributed by atoms with van der Waals surface area (Å²) in [6.07, 6.45) is 7.41. The Balaban J connectivity index is 1.71. The van der Waals surface area contributed by atoms with Gasteiger partial charge in [-0.2, -0.15) is 0 Å². The lowest BCUT2D eigenvalue weighted by Gasteiger charge is -2.26. The molecule has 1 aliphatic heterocycles. The zero-order chi connectivity index (χ0) is 14.7. The molecule has 0 saturated carbocycles. The standard InChI is InChI=1S/C16H14ClN3O/c17-14-4-2-1-3-12(14)5-6-16(21)20-8-7-15-13(10-20)9-18-11-19-15/h1-6,9,11H,7-8,10H2/b6-5+. The van der Waals surface area contributed by atoms with E-state index in [-0.39, 0.29) is 5.91 Å². The Morgan fingerprint density at radius 3 is 3.05 bits per heavy atom. The van der Waals surface area contributed by atoms with Crippen molar-refractivity contribution in [1.82, 2.24) is 14.9 Å². The van der Waals surface area contributed by atoms with E-state index in [0.717, 1.165) is 23.2 Å². The van der Waals surface area contributed by atoms with Crippen LogP contribution in [0.5, 0.6) is 0 Å². The molecule has 0 saturated heterocycles. The molecule has 0 unspecified atom stereocenters. The second kappa shape index (κ2) is 6.06. The highest BCUT2D eigenvalue weighted by atomic mass is 35.5. The third kappa shape index (κ3) is 3.11. The number of nitrogens with zero attached hydrogens (tertiary/aromatic N) is 3. The second-order valence-corrected chi connectivity index (χ2v) is 5.27. The van der Waals surface area contributed by atoms with Gasteiger partial charge in [-0.3, -0.25) is 4.79 Å². The first-order chi connectivity index (χ1) is 10.2. The number of rotatable bonds is 2. The van der Waals surface area contributed by atoms with Crippen molar-refractivity contribution in [1.29, 1.82) is 0 Å². The molecule has 5 heteroatoms. The monoisotopic (exact) mass is 299 g/mol. The van der Waals surface area contributed by atoms with Crippen molar-refractivity contribution >= 4 is 23.6 Å². The molecule has 1 aromatic carbocycles. The maximum atomic E-state index is 12.2. The van der Waals surface area contributed by atoms with Crippen molar-refractivity contribution in [3.8, 4) is 0 Å². The molecule has 2 heterocycles. The molecule has 2 aromatic rings. The molecule has 0 aliphatic carbocycles. The van der Waals surface area contributed by atoms with Crippen molar-refractivity contribution in [2.45, 2.75) is 13.0 Å². The normalized spacial score (nSPS) is 14.2. The number of hydrogen-bond donors (Lipinski definition) is 0. The fraction of sp³-hybridized carbons (Fsp3) is 0.188. The van der Waals surface area contributed by atoms with Crippen LogP contribution in [0.4, 0.5) is 0 Å². The SMILES string of the molecule is O=C(/C=C/c1ccccc1Cl)N1CCc2ncncc2C1. The van der Waals surface area contributed by atoms with E-state index in [1.54, 1.807) is 35.6 Å². The van der Waals surface area contributed by atoms with E-state index in [2.05, 4.69) is 9.97 Å². The van der Waals surface area contributed by atoms with Gasteiger partial charge in [-0.05, 0) is 17.7 Å². The molecule has 0 spiro atoms. The summed E-state index contributed by atoms with van der Waals surface area (Å²) in [5, 5.41) is 0.638. The highest BCUT2D eigenvalue weighted by molar-refractivity contribution is 6.32. The molecule has 1 aromatic heterocycles. The van der Waals surface area contributed by atoms with Gasteiger partial charge in [-0.1, -0.05) is 29.8 Å². The Morgan fingerprint density at radius 2 is 2.19 bits per heavy atom. The highest BCUT2D eigenvalue weighted by Gasteiger charge is 2.19. The fourth-order valence-electron chi connectivity index (χ4n) is 2.33. The van der Waals surface area contributed by atoms with Crippen LogP contribution in [0.1, 0.15) is 16.8 Å². The first-order valence-corrected chi connectivity index (χ1v) is 7.11. The number of carbonyl (C=O) groups excluding carboxylic acids is 1. The molecule has 4 nitrogen and oxygen atoms in total. The van der Waals surface area contributed by atoms with Gasteiger partial charge in [0.2, 0.25) is 5.91 Å². The molecule has 0 atom stereocenters. The van der Waals surface area contributed by atoms with E-state index in [4.69, 9.17) is 11.6 Å². The van der Waals surface area contributed by atoms with Crippen LogP contribution in [-0.2, 0) is 17.8 Å². The molecular formula is C16H14ClN3O. The Kier molecular flexibility index (Phi) is 3.97. The largest absolute Gasteiger partial charge is 0.334 e. The van der Waals surface area contributed by atoms with Crippen molar-refractivity contribution in [3.63, 3.8) is 0 Å². The molecular weight excluding hydrogens is 286 g/mol. The van der Waals surface area contributed by atoms with Gasteiger partial charge < -0.3 is 4.90 Å². The molecule has 1 aliphatic rings. The van der Waals surface area contributed by atoms with Crippen LogP contribution >= 0.6 is 11.6 Å². The molecule has 0 bridgehead atoms.